The first kappa shape index (κ1) is 30.1. The van der Waals surface area contributed by atoms with Gasteiger partial charge in [-0.2, -0.15) is 0 Å². The third-order valence-corrected chi connectivity index (χ3v) is 8.26. The lowest BCUT2D eigenvalue weighted by molar-refractivity contribution is -0.121. The number of rotatable bonds is 8. The Morgan fingerprint density at radius 3 is 2.37 bits per heavy atom. The molecule has 1 fully saturated rings. The minimum atomic E-state index is -0.674. The fourth-order valence-electron chi connectivity index (χ4n) is 4.39. The summed E-state index contributed by atoms with van der Waals surface area (Å²) in [5.74, 6) is -1.70. The van der Waals surface area contributed by atoms with Gasteiger partial charge in [-0.15, -0.1) is 11.8 Å². The van der Waals surface area contributed by atoms with Crippen molar-refractivity contribution in [1.29, 1.82) is 0 Å². The summed E-state index contributed by atoms with van der Waals surface area (Å²) in [6, 6.07) is 27.7. The van der Waals surface area contributed by atoms with Crippen LogP contribution in [-0.2, 0) is 14.4 Å². The van der Waals surface area contributed by atoms with Crippen LogP contribution in [0.3, 0.4) is 0 Å². The van der Waals surface area contributed by atoms with Crippen molar-refractivity contribution >= 4 is 76.0 Å². The first-order chi connectivity index (χ1) is 20.7. The number of benzene rings is 4. The first-order valence-electron chi connectivity index (χ1n) is 13.2. The van der Waals surface area contributed by atoms with Crippen LogP contribution in [-0.4, -0.2) is 28.9 Å². The van der Waals surface area contributed by atoms with Crippen molar-refractivity contribution in [3.8, 4) is 0 Å². The lowest BCUT2D eigenvalue weighted by Crippen LogP contribution is -2.31. The molecule has 5 rings (SSSR count). The first-order valence-corrected chi connectivity index (χ1v) is 14.9. The number of carbonyl (C=O) groups is 4. The van der Waals surface area contributed by atoms with Crippen LogP contribution in [0.4, 0.5) is 11.4 Å². The van der Waals surface area contributed by atoms with Crippen molar-refractivity contribution < 1.29 is 19.2 Å². The number of halogens is 2. The van der Waals surface area contributed by atoms with Gasteiger partial charge in [0.25, 0.3) is 11.8 Å². The van der Waals surface area contributed by atoms with Gasteiger partial charge in [0.1, 0.15) is 5.70 Å². The number of imide groups is 1. The molecule has 216 valence electrons. The summed E-state index contributed by atoms with van der Waals surface area (Å²) in [4.78, 5) is 54.1. The lowest BCUT2D eigenvalue weighted by atomic mass is 10.1. The number of thioether (sulfide) groups is 1. The number of hydrogen-bond acceptors (Lipinski definition) is 5. The predicted octanol–water partition coefficient (Wildman–Crippen LogP) is 7.14. The van der Waals surface area contributed by atoms with E-state index in [1.165, 1.54) is 17.8 Å². The van der Waals surface area contributed by atoms with Crippen LogP contribution in [0.15, 0.2) is 108 Å². The highest BCUT2D eigenvalue weighted by atomic mass is 35.5. The van der Waals surface area contributed by atoms with Crippen LogP contribution in [0.5, 0.6) is 0 Å². The maximum Gasteiger partial charge on any atom is 0.272 e. The van der Waals surface area contributed by atoms with Gasteiger partial charge in [-0.25, -0.2) is 4.90 Å². The minimum Gasteiger partial charge on any atom is -0.321 e. The monoisotopic (exact) mass is 629 g/mol. The molecule has 0 spiro atoms. The molecule has 0 unspecified atom stereocenters. The number of nitrogens with one attached hydrogen (secondary N) is 2. The zero-order chi connectivity index (χ0) is 30.5. The largest absolute Gasteiger partial charge is 0.321 e. The Balaban J connectivity index is 1.33. The van der Waals surface area contributed by atoms with E-state index in [1.54, 1.807) is 72.8 Å². The van der Waals surface area contributed by atoms with Gasteiger partial charge >= 0.3 is 0 Å². The van der Waals surface area contributed by atoms with Gasteiger partial charge in [0.15, 0.2) is 0 Å². The molecule has 1 atom stereocenters. The maximum absolute atomic E-state index is 13.4. The zero-order valence-corrected chi connectivity index (χ0v) is 25.2. The Morgan fingerprint density at radius 1 is 0.907 bits per heavy atom. The Kier molecular flexibility index (Phi) is 9.31. The van der Waals surface area contributed by atoms with E-state index in [0.717, 1.165) is 16.0 Å². The molecule has 2 N–H and O–H groups in total. The highest BCUT2D eigenvalue weighted by Crippen LogP contribution is 2.38. The quantitative estimate of drug-likeness (QED) is 0.160. The lowest BCUT2D eigenvalue weighted by Gasteiger charge is -2.16. The average Bonchev–Trinajstić information content (AvgIpc) is 3.26. The molecule has 1 heterocycles. The molecule has 1 aliphatic rings. The topological polar surface area (TPSA) is 95.6 Å². The van der Waals surface area contributed by atoms with E-state index in [4.69, 9.17) is 23.2 Å². The number of aryl methyl sites for hydroxylation is 1. The van der Waals surface area contributed by atoms with Gasteiger partial charge in [0, 0.05) is 27.6 Å². The Hall–Kier alpha value is -4.37. The van der Waals surface area contributed by atoms with Gasteiger partial charge in [0.2, 0.25) is 11.8 Å². The zero-order valence-electron chi connectivity index (χ0n) is 22.8. The van der Waals surface area contributed by atoms with Gasteiger partial charge in [0.05, 0.1) is 16.0 Å². The minimum absolute atomic E-state index is 0.00596. The van der Waals surface area contributed by atoms with Crippen molar-refractivity contribution in [3.63, 3.8) is 0 Å². The molecule has 0 radical (unpaired) electrons. The van der Waals surface area contributed by atoms with Gasteiger partial charge in [-0.1, -0.05) is 77.3 Å². The van der Waals surface area contributed by atoms with Crippen molar-refractivity contribution in [2.75, 3.05) is 10.2 Å². The molecule has 7 nitrogen and oxygen atoms in total. The molecule has 0 aliphatic carbocycles. The van der Waals surface area contributed by atoms with Crippen molar-refractivity contribution in [1.82, 2.24) is 5.32 Å². The normalized spacial score (nSPS) is 15.0. The molecule has 1 aliphatic heterocycles. The van der Waals surface area contributed by atoms with E-state index in [9.17, 15) is 19.2 Å². The molecule has 4 aromatic rings. The predicted molar refractivity (Wildman–Crippen MR) is 171 cm³/mol. The van der Waals surface area contributed by atoms with Crippen LogP contribution >= 0.6 is 35.0 Å². The fraction of sp³-hybridized carbons (Fsp3) is 0.0909. The summed E-state index contributed by atoms with van der Waals surface area (Å²) < 4.78 is 0. The van der Waals surface area contributed by atoms with E-state index in [2.05, 4.69) is 10.6 Å². The summed E-state index contributed by atoms with van der Waals surface area (Å²) in [5.41, 5.74) is 3.01. The van der Waals surface area contributed by atoms with E-state index in [0.29, 0.717) is 21.2 Å². The van der Waals surface area contributed by atoms with E-state index < -0.39 is 17.1 Å². The smallest absolute Gasteiger partial charge is 0.272 e. The fourth-order valence-corrected chi connectivity index (χ4v) is 6.00. The van der Waals surface area contributed by atoms with Crippen LogP contribution in [0.25, 0.3) is 6.08 Å². The van der Waals surface area contributed by atoms with Crippen LogP contribution in [0, 0.1) is 6.92 Å². The van der Waals surface area contributed by atoms with Crippen LogP contribution < -0.4 is 15.5 Å². The number of hydrogen-bond donors (Lipinski definition) is 2. The number of amides is 4. The van der Waals surface area contributed by atoms with Crippen molar-refractivity contribution in [2.24, 2.45) is 0 Å². The third kappa shape index (κ3) is 7.35. The molecule has 0 aromatic heterocycles. The summed E-state index contributed by atoms with van der Waals surface area (Å²) in [6.07, 6.45) is 1.60. The van der Waals surface area contributed by atoms with Gasteiger partial charge < -0.3 is 10.6 Å². The second kappa shape index (κ2) is 13.3. The standard InChI is InChI=1S/C33H25Cl2N3O4S/c1-20-10-12-21(13-11-20)16-27(37-31(40)22-6-3-2-4-7-22)32(41)36-24-8-5-9-25(18-24)43-29-19-30(39)38(33(29)42)28-15-14-23(34)17-26(28)35/h2-18,29H,19H2,1H3,(H,36,41)(H,37,40)/b27-16-/t29-/m0/s1. The van der Waals surface area contributed by atoms with E-state index in [-0.39, 0.29) is 34.6 Å². The maximum atomic E-state index is 13.4. The summed E-state index contributed by atoms with van der Waals surface area (Å²) >= 11 is 13.4. The summed E-state index contributed by atoms with van der Waals surface area (Å²) in [6.45, 7) is 1.96. The molecule has 0 saturated carbocycles. The Morgan fingerprint density at radius 2 is 1.65 bits per heavy atom. The molecule has 0 bridgehead atoms. The Labute approximate surface area is 262 Å². The summed E-state index contributed by atoms with van der Waals surface area (Å²) in [7, 11) is 0. The highest BCUT2D eigenvalue weighted by molar-refractivity contribution is 8.00. The summed E-state index contributed by atoms with van der Waals surface area (Å²) in [5, 5.41) is 5.49. The number of nitrogens with zero attached hydrogens (tertiary/aromatic N) is 1. The second-order valence-corrected chi connectivity index (χ2v) is 11.9. The van der Waals surface area contributed by atoms with Crippen LogP contribution in [0.1, 0.15) is 27.9 Å². The molecular formula is C33H25Cl2N3O4S. The number of anilines is 2. The third-order valence-electron chi connectivity index (χ3n) is 6.54. The average molecular weight is 631 g/mol. The van der Waals surface area contributed by atoms with Gasteiger partial charge in [-0.3, -0.25) is 19.2 Å². The molecule has 43 heavy (non-hydrogen) atoms. The Bertz CT molecular complexity index is 1740. The second-order valence-electron chi connectivity index (χ2n) is 9.74. The molecular weight excluding hydrogens is 605 g/mol. The molecule has 10 heteroatoms. The molecule has 4 amide bonds. The van der Waals surface area contributed by atoms with E-state index >= 15 is 0 Å². The van der Waals surface area contributed by atoms with Crippen LogP contribution in [0.2, 0.25) is 10.0 Å². The SMILES string of the molecule is Cc1ccc(/C=C(\NC(=O)c2ccccc2)C(=O)Nc2cccc(S[C@H]3CC(=O)N(c4ccc(Cl)cc4Cl)C3=O)c2)cc1. The highest BCUT2D eigenvalue weighted by Gasteiger charge is 2.41. The van der Waals surface area contributed by atoms with Gasteiger partial charge in [-0.05, 0) is 67.1 Å². The van der Waals surface area contributed by atoms with Crippen molar-refractivity contribution in [3.05, 3.63) is 129 Å². The van der Waals surface area contributed by atoms with Crippen molar-refractivity contribution in [2.45, 2.75) is 23.5 Å². The molecule has 1 saturated heterocycles. The number of carbonyl (C=O) groups excluding carboxylic acids is 4. The van der Waals surface area contributed by atoms with E-state index in [1.807, 2.05) is 31.2 Å². The molecule has 4 aromatic carbocycles.